The lowest BCUT2D eigenvalue weighted by Gasteiger charge is -2.33. The van der Waals surface area contributed by atoms with Gasteiger partial charge in [0.2, 0.25) is 11.8 Å². The van der Waals surface area contributed by atoms with Crippen LogP contribution in [-0.2, 0) is 38.8 Å². The second kappa shape index (κ2) is 14.3. The Morgan fingerprint density at radius 2 is 1.47 bits per heavy atom. The maximum Gasteiger partial charge on any atom is 0.416 e. The molecular formula is C33H32F3N3O5S. The number of benzene rings is 4. The highest BCUT2D eigenvalue weighted by atomic mass is 32.2. The summed E-state index contributed by atoms with van der Waals surface area (Å²) in [5.74, 6) is -0.817. The second-order valence-electron chi connectivity index (χ2n) is 10.1. The van der Waals surface area contributed by atoms with Crippen molar-refractivity contribution >= 4 is 27.5 Å². The fraction of sp³-hybridized carbons (Fsp3) is 0.212. The first-order chi connectivity index (χ1) is 21.4. The zero-order valence-corrected chi connectivity index (χ0v) is 25.4. The Kier molecular flexibility index (Phi) is 10.5. The molecule has 0 saturated heterocycles. The summed E-state index contributed by atoms with van der Waals surface area (Å²) in [6.07, 6.45) is -4.67. The minimum absolute atomic E-state index is 0.0885. The van der Waals surface area contributed by atoms with Crippen LogP contribution < -0.4 is 14.4 Å². The number of likely N-dealkylation sites (N-methyl/N-ethyl adjacent to an activating group) is 1. The largest absolute Gasteiger partial charge is 0.497 e. The van der Waals surface area contributed by atoms with E-state index in [-0.39, 0.29) is 23.5 Å². The van der Waals surface area contributed by atoms with Crippen LogP contribution in [0.15, 0.2) is 114 Å². The second-order valence-corrected chi connectivity index (χ2v) is 11.9. The summed E-state index contributed by atoms with van der Waals surface area (Å²) in [6.45, 7) is -1.01. The number of hydrogen-bond acceptors (Lipinski definition) is 5. The van der Waals surface area contributed by atoms with E-state index in [2.05, 4.69) is 5.32 Å². The zero-order valence-electron chi connectivity index (χ0n) is 24.6. The van der Waals surface area contributed by atoms with Gasteiger partial charge in [-0.1, -0.05) is 66.7 Å². The van der Waals surface area contributed by atoms with Gasteiger partial charge in [-0.25, -0.2) is 8.42 Å². The van der Waals surface area contributed by atoms with Gasteiger partial charge in [0, 0.05) is 20.0 Å². The maximum atomic E-state index is 14.3. The standard InChI is InChI=1S/C33H32F3N3O5S/c1-37-32(41)30(20-24-11-5-3-6-12-24)38(22-25-13-9-16-28(19-25)44-2)31(40)23-39(45(42,43)29-17-7-4-8-18-29)27-15-10-14-26(21-27)33(34,35)36/h3-19,21,30H,20,22-23H2,1-2H3,(H,37,41)/t30-/m0/s1. The maximum absolute atomic E-state index is 14.3. The Balaban J connectivity index is 1.83. The summed E-state index contributed by atoms with van der Waals surface area (Å²) >= 11 is 0. The smallest absolute Gasteiger partial charge is 0.416 e. The van der Waals surface area contributed by atoms with E-state index in [1.165, 1.54) is 49.4 Å². The molecule has 2 amide bonds. The van der Waals surface area contributed by atoms with E-state index >= 15 is 0 Å². The van der Waals surface area contributed by atoms with Crippen LogP contribution >= 0.6 is 0 Å². The van der Waals surface area contributed by atoms with Gasteiger partial charge in [0.05, 0.1) is 23.3 Å². The van der Waals surface area contributed by atoms with Crippen molar-refractivity contribution in [1.82, 2.24) is 10.2 Å². The number of sulfonamides is 1. The molecule has 4 aromatic carbocycles. The highest BCUT2D eigenvalue weighted by molar-refractivity contribution is 7.92. The first-order valence-corrected chi connectivity index (χ1v) is 15.3. The van der Waals surface area contributed by atoms with Crippen LogP contribution in [0.1, 0.15) is 16.7 Å². The van der Waals surface area contributed by atoms with Crippen molar-refractivity contribution in [3.63, 3.8) is 0 Å². The van der Waals surface area contributed by atoms with Gasteiger partial charge in [0.15, 0.2) is 0 Å². The number of hydrogen-bond donors (Lipinski definition) is 1. The quantitative estimate of drug-likeness (QED) is 0.227. The van der Waals surface area contributed by atoms with Crippen LogP contribution in [0.3, 0.4) is 0 Å². The predicted octanol–water partition coefficient (Wildman–Crippen LogP) is 5.30. The molecule has 0 aromatic heterocycles. The molecule has 0 aliphatic rings. The van der Waals surface area contributed by atoms with Crippen LogP contribution in [0.5, 0.6) is 5.75 Å². The molecule has 0 aliphatic heterocycles. The highest BCUT2D eigenvalue weighted by Crippen LogP contribution is 2.33. The van der Waals surface area contributed by atoms with E-state index in [9.17, 15) is 31.2 Å². The molecule has 1 atom stereocenters. The third-order valence-electron chi connectivity index (χ3n) is 7.08. The van der Waals surface area contributed by atoms with Crippen LogP contribution in [-0.4, -0.2) is 51.9 Å². The van der Waals surface area contributed by atoms with Crippen molar-refractivity contribution < 1.29 is 35.9 Å². The molecule has 0 saturated carbocycles. The summed E-state index contributed by atoms with van der Waals surface area (Å²) in [5, 5.41) is 2.58. The highest BCUT2D eigenvalue weighted by Gasteiger charge is 2.36. The fourth-order valence-electron chi connectivity index (χ4n) is 4.77. The summed E-state index contributed by atoms with van der Waals surface area (Å²) in [6, 6.07) is 25.5. The normalized spacial score (nSPS) is 12.2. The van der Waals surface area contributed by atoms with Crippen molar-refractivity contribution in [3.8, 4) is 5.75 Å². The van der Waals surface area contributed by atoms with Crippen LogP contribution in [0, 0.1) is 0 Å². The molecule has 12 heteroatoms. The molecule has 8 nitrogen and oxygen atoms in total. The van der Waals surface area contributed by atoms with E-state index in [0.717, 1.165) is 17.7 Å². The van der Waals surface area contributed by atoms with Crippen molar-refractivity contribution in [2.24, 2.45) is 0 Å². The number of amides is 2. The molecule has 0 radical (unpaired) electrons. The number of halogens is 3. The molecule has 0 heterocycles. The van der Waals surface area contributed by atoms with Crippen molar-refractivity contribution in [3.05, 3.63) is 126 Å². The number of nitrogens with one attached hydrogen (secondary N) is 1. The number of carbonyl (C=O) groups excluding carboxylic acids is 2. The lowest BCUT2D eigenvalue weighted by atomic mass is 10.0. The Morgan fingerprint density at radius 1 is 0.844 bits per heavy atom. The zero-order chi connectivity index (χ0) is 32.6. The van der Waals surface area contributed by atoms with Gasteiger partial charge >= 0.3 is 6.18 Å². The minimum Gasteiger partial charge on any atom is -0.497 e. The molecule has 4 aromatic rings. The average Bonchev–Trinajstić information content (AvgIpc) is 3.05. The van der Waals surface area contributed by atoms with Crippen molar-refractivity contribution in [2.75, 3.05) is 25.0 Å². The van der Waals surface area contributed by atoms with Crippen molar-refractivity contribution in [1.29, 1.82) is 0 Å². The van der Waals surface area contributed by atoms with Gasteiger partial charge in [-0.2, -0.15) is 13.2 Å². The number of alkyl halides is 3. The number of methoxy groups -OCH3 is 1. The predicted molar refractivity (Wildman–Crippen MR) is 164 cm³/mol. The van der Waals surface area contributed by atoms with E-state index in [0.29, 0.717) is 21.7 Å². The van der Waals surface area contributed by atoms with Gasteiger partial charge in [0.25, 0.3) is 10.0 Å². The Morgan fingerprint density at radius 3 is 2.09 bits per heavy atom. The van der Waals surface area contributed by atoms with Gasteiger partial charge in [-0.3, -0.25) is 13.9 Å². The van der Waals surface area contributed by atoms with Gasteiger partial charge < -0.3 is 15.0 Å². The number of rotatable bonds is 12. The van der Waals surface area contributed by atoms with Crippen LogP contribution in [0.25, 0.3) is 0 Å². The molecule has 0 aliphatic carbocycles. The summed E-state index contributed by atoms with van der Waals surface area (Å²) in [7, 11) is -1.64. The molecular weight excluding hydrogens is 607 g/mol. The topological polar surface area (TPSA) is 96.0 Å². The first-order valence-electron chi connectivity index (χ1n) is 13.9. The molecule has 45 heavy (non-hydrogen) atoms. The Labute approximate surface area is 260 Å². The third kappa shape index (κ3) is 8.21. The number of anilines is 1. The number of carbonyl (C=O) groups is 2. The lowest BCUT2D eigenvalue weighted by Crippen LogP contribution is -2.53. The number of nitrogens with zero attached hydrogens (tertiary/aromatic N) is 2. The van der Waals surface area contributed by atoms with Gasteiger partial charge in [0.1, 0.15) is 18.3 Å². The van der Waals surface area contributed by atoms with E-state index in [1.807, 2.05) is 0 Å². The van der Waals surface area contributed by atoms with Crippen LogP contribution in [0.2, 0.25) is 0 Å². The molecule has 0 unspecified atom stereocenters. The van der Waals surface area contributed by atoms with Gasteiger partial charge in [-0.15, -0.1) is 0 Å². The van der Waals surface area contributed by atoms with E-state index < -0.39 is 46.2 Å². The summed E-state index contributed by atoms with van der Waals surface area (Å²) in [5.41, 5.74) is -0.119. The fourth-order valence-corrected chi connectivity index (χ4v) is 6.20. The summed E-state index contributed by atoms with van der Waals surface area (Å²) < 4.78 is 74.9. The third-order valence-corrected chi connectivity index (χ3v) is 8.86. The Hall–Kier alpha value is -4.84. The summed E-state index contributed by atoms with van der Waals surface area (Å²) in [4.78, 5) is 28.6. The molecule has 236 valence electrons. The monoisotopic (exact) mass is 639 g/mol. The molecule has 0 fully saturated rings. The average molecular weight is 640 g/mol. The van der Waals surface area contributed by atoms with Crippen molar-refractivity contribution in [2.45, 2.75) is 30.1 Å². The molecule has 1 N–H and O–H groups in total. The van der Waals surface area contributed by atoms with E-state index in [1.54, 1.807) is 60.7 Å². The first kappa shape index (κ1) is 33.1. The Bertz CT molecular complexity index is 1720. The minimum atomic E-state index is -4.76. The van der Waals surface area contributed by atoms with E-state index in [4.69, 9.17) is 4.74 Å². The molecule has 0 spiro atoms. The molecule has 4 rings (SSSR count). The SMILES string of the molecule is CNC(=O)[C@H](Cc1ccccc1)N(Cc1cccc(OC)c1)C(=O)CN(c1cccc(C(F)(F)F)c1)S(=O)(=O)c1ccccc1. The lowest BCUT2D eigenvalue weighted by molar-refractivity contribution is -0.139. The molecule has 0 bridgehead atoms. The number of ether oxygens (including phenoxy) is 1. The van der Waals surface area contributed by atoms with Gasteiger partial charge in [-0.05, 0) is 53.6 Å². The van der Waals surface area contributed by atoms with Crippen LogP contribution in [0.4, 0.5) is 18.9 Å².